The van der Waals surface area contributed by atoms with Crippen molar-refractivity contribution in [2.75, 3.05) is 13.1 Å². The van der Waals surface area contributed by atoms with Crippen molar-refractivity contribution in [3.8, 4) is 0 Å². The molecule has 0 unspecified atom stereocenters. The van der Waals surface area contributed by atoms with E-state index in [0.717, 1.165) is 25.2 Å². The molecule has 0 aromatic heterocycles. The minimum Gasteiger partial charge on any atom is -0.478 e. The first kappa shape index (κ1) is 24.0. The lowest BCUT2D eigenvalue weighted by atomic mass is 10.2. The Kier molecular flexibility index (Phi) is 8.44. The Morgan fingerprint density at radius 1 is 0.862 bits per heavy atom. The summed E-state index contributed by atoms with van der Waals surface area (Å²) in [5, 5.41) is 10.1. The number of amides is 1. The molecule has 1 N–H and O–H groups in total. The number of halogens is 4. The van der Waals surface area contributed by atoms with Crippen molar-refractivity contribution in [2.45, 2.75) is 25.2 Å². The van der Waals surface area contributed by atoms with Gasteiger partial charge in [-0.25, -0.2) is 4.79 Å². The van der Waals surface area contributed by atoms with E-state index >= 15 is 0 Å². The van der Waals surface area contributed by atoms with Crippen LogP contribution in [0.5, 0.6) is 0 Å². The summed E-state index contributed by atoms with van der Waals surface area (Å²) in [6.07, 6.45) is 0. The third kappa shape index (κ3) is 6.90. The highest BCUT2D eigenvalue weighted by Crippen LogP contribution is 2.26. The normalized spacial score (nSPS) is 15.3. The summed E-state index contributed by atoms with van der Waals surface area (Å²) in [5.41, 5.74) is 0.546. The highest BCUT2D eigenvalue weighted by molar-refractivity contribution is 6.77. The first-order valence-corrected chi connectivity index (χ1v) is 13.9. The Hall–Kier alpha value is -1.24. The lowest BCUT2D eigenvalue weighted by Gasteiger charge is -2.35. The number of rotatable bonds is 2. The topological polar surface area (TPSA) is 57.6 Å². The summed E-state index contributed by atoms with van der Waals surface area (Å²) < 4.78 is 0. The quantitative estimate of drug-likeness (QED) is 0.466. The SMILES string of the molecule is C[Si]1(C)CCN(C(=O)c2cc(Cl)ccc2Cl)CC1.O=C(O)c1cc(Cl)ccc1Cl. The predicted octanol–water partition coefficient (Wildman–Crippen LogP) is 6.85. The van der Waals surface area contributed by atoms with Crippen LogP contribution in [0.1, 0.15) is 20.7 Å². The van der Waals surface area contributed by atoms with Crippen LogP contribution in [0.4, 0.5) is 0 Å². The number of carbonyl (C=O) groups excluding carboxylic acids is 1. The molecule has 1 fully saturated rings. The van der Waals surface area contributed by atoms with Crippen LogP contribution < -0.4 is 0 Å². The van der Waals surface area contributed by atoms with E-state index in [1.54, 1.807) is 18.2 Å². The number of aromatic carboxylic acids is 1. The van der Waals surface area contributed by atoms with Crippen molar-refractivity contribution in [1.82, 2.24) is 4.90 Å². The fourth-order valence-electron chi connectivity index (χ4n) is 2.81. The summed E-state index contributed by atoms with van der Waals surface area (Å²) in [4.78, 5) is 24.7. The maximum atomic E-state index is 12.4. The lowest BCUT2D eigenvalue weighted by molar-refractivity contribution is 0.0696. The molecule has 2 aromatic carbocycles. The maximum absolute atomic E-state index is 12.4. The van der Waals surface area contributed by atoms with Crippen LogP contribution in [-0.2, 0) is 0 Å². The van der Waals surface area contributed by atoms with E-state index in [1.165, 1.54) is 18.2 Å². The van der Waals surface area contributed by atoms with Gasteiger partial charge in [0, 0.05) is 23.1 Å². The molecule has 0 radical (unpaired) electrons. The van der Waals surface area contributed by atoms with Crippen LogP contribution in [0.3, 0.4) is 0 Å². The molecule has 156 valence electrons. The highest BCUT2D eigenvalue weighted by atomic mass is 35.5. The molecule has 0 atom stereocenters. The van der Waals surface area contributed by atoms with Crippen molar-refractivity contribution in [2.24, 2.45) is 0 Å². The average molecular weight is 493 g/mol. The van der Waals surface area contributed by atoms with E-state index in [4.69, 9.17) is 51.5 Å². The van der Waals surface area contributed by atoms with Gasteiger partial charge < -0.3 is 10.0 Å². The maximum Gasteiger partial charge on any atom is 0.337 e. The number of benzene rings is 2. The minimum absolute atomic E-state index is 0.00648. The molecule has 1 amide bonds. The lowest BCUT2D eigenvalue weighted by Crippen LogP contribution is -2.45. The van der Waals surface area contributed by atoms with Gasteiger partial charge in [-0.3, -0.25) is 4.79 Å². The standard InChI is InChI=1S/C13H17Cl2NOSi.C7H4Cl2O2/c1-18(2)7-5-16(6-8-18)13(17)11-9-10(14)3-4-12(11)15;8-4-1-2-6(9)5(3-4)7(10)11/h3-4,9H,5-8H2,1-2H3;1-3H,(H,10,11). The third-order valence-electron chi connectivity index (χ3n) is 4.72. The van der Waals surface area contributed by atoms with E-state index in [-0.39, 0.29) is 16.5 Å². The van der Waals surface area contributed by atoms with Gasteiger partial charge in [-0.05, 0) is 48.5 Å². The molecule has 3 rings (SSSR count). The molecule has 0 saturated carbocycles. The molecule has 1 saturated heterocycles. The number of carboxylic acid groups (broad SMARTS) is 1. The summed E-state index contributed by atoms with van der Waals surface area (Å²) in [7, 11) is -1.06. The van der Waals surface area contributed by atoms with Crippen LogP contribution in [0, 0.1) is 0 Å². The predicted molar refractivity (Wildman–Crippen MR) is 123 cm³/mol. The van der Waals surface area contributed by atoms with Gasteiger partial charge >= 0.3 is 5.97 Å². The Morgan fingerprint density at radius 3 is 1.76 bits per heavy atom. The first-order chi connectivity index (χ1) is 13.5. The molecule has 1 aliphatic rings. The Labute approximate surface area is 191 Å². The minimum atomic E-state index is -1.07. The smallest absolute Gasteiger partial charge is 0.337 e. The Balaban J connectivity index is 0.000000234. The van der Waals surface area contributed by atoms with E-state index in [1.807, 2.05) is 4.90 Å². The molecular weight excluding hydrogens is 472 g/mol. The first-order valence-electron chi connectivity index (χ1n) is 8.93. The van der Waals surface area contributed by atoms with E-state index in [9.17, 15) is 9.59 Å². The number of carbonyl (C=O) groups is 2. The van der Waals surface area contributed by atoms with E-state index < -0.39 is 14.0 Å². The molecule has 4 nitrogen and oxygen atoms in total. The van der Waals surface area contributed by atoms with Gasteiger partial charge in [-0.15, -0.1) is 0 Å². The zero-order chi connectivity index (χ0) is 21.8. The second kappa shape index (κ2) is 10.2. The number of hydrogen-bond acceptors (Lipinski definition) is 2. The average Bonchev–Trinajstić information content (AvgIpc) is 2.65. The van der Waals surface area contributed by atoms with Gasteiger partial charge in [0.2, 0.25) is 0 Å². The number of hydrogen-bond donors (Lipinski definition) is 1. The summed E-state index contributed by atoms with van der Waals surface area (Å²) in [6, 6.07) is 11.7. The number of carboxylic acids is 1. The zero-order valence-corrected chi connectivity index (χ0v) is 20.0. The third-order valence-corrected chi connectivity index (χ3v) is 9.01. The van der Waals surface area contributed by atoms with Gasteiger partial charge in [0.25, 0.3) is 5.91 Å². The second-order valence-electron chi connectivity index (χ2n) is 7.51. The van der Waals surface area contributed by atoms with Crippen molar-refractivity contribution in [1.29, 1.82) is 0 Å². The van der Waals surface area contributed by atoms with Gasteiger partial charge in [-0.2, -0.15) is 0 Å². The molecule has 2 aromatic rings. The molecule has 1 aliphatic heterocycles. The van der Waals surface area contributed by atoms with Crippen molar-refractivity contribution in [3.63, 3.8) is 0 Å². The summed E-state index contributed by atoms with van der Waals surface area (Å²) in [6.45, 7) is 6.45. The molecule has 0 bridgehead atoms. The Bertz CT molecular complexity index is 911. The second-order valence-corrected chi connectivity index (χ2v) is 14.5. The van der Waals surface area contributed by atoms with Crippen LogP contribution >= 0.6 is 46.4 Å². The molecular formula is C20H21Cl4NO3Si. The zero-order valence-electron chi connectivity index (χ0n) is 16.0. The van der Waals surface area contributed by atoms with Gasteiger partial charge in [0.05, 0.1) is 29.2 Å². The van der Waals surface area contributed by atoms with E-state index in [2.05, 4.69) is 13.1 Å². The molecule has 0 aliphatic carbocycles. The van der Waals surface area contributed by atoms with Gasteiger partial charge in [-0.1, -0.05) is 59.5 Å². The largest absolute Gasteiger partial charge is 0.478 e. The monoisotopic (exact) mass is 491 g/mol. The fraction of sp³-hybridized carbons (Fsp3) is 0.300. The molecule has 0 spiro atoms. The van der Waals surface area contributed by atoms with Crippen LogP contribution in [0.15, 0.2) is 36.4 Å². The fourth-order valence-corrected chi connectivity index (χ4v) is 5.55. The Morgan fingerprint density at radius 2 is 1.31 bits per heavy atom. The summed E-state index contributed by atoms with van der Waals surface area (Å²) in [5.74, 6) is -1.07. The van der Waals surface area contributed by atoms with Crippen LogP contribution in [-0.4, -0.2) is 43.0 Å². The molecule has 9 heteroatoms. The van der Waals surface area contributed by atoms with Gasteiger partial charge in [0.1, 0.15) is 0 Å². The molecule has 29 heavy (non-hydrogen) atoms. The van der Waals surface area contributed by atoms with Crippen LogP contribution in [0.25, 0.3) is 0 Å². The number of nitrogens with zero attached hydrogens (tertiary/aromatic N) is 1. The van der Waals surface area contributed by atoms with E-state index in [0.29, 0.717) is 20.6 Å². The van der Waals surface area contributed by atoms with Crippen molar-refractivity contribution < 1.29 is 14.7 Å². The van der Waals surface area contributed by atoms with Crippen LogP contribution in [0.2, 0.25) is 45.3 Å². The van der Waals surface area contributed by atoms with Crippen molar-refractivity contribution in [3.05, 3.63) is 67.6 Å². The molecule has 1 heterocycles. The summed E-state index contributed by atoms with van der Waals surface area (Å²) >= 11 is 23.1. The highest BCUT2D eigenvalue weighted by Gasteiger charge is 2.30. The van der Waals surface area contributed by atoms with Gasteiger partial charge in [0.15, 0.2) is 0 Å². The van der Waals surface area contributed by atoms with Crippen molar-refractivity contribution >= 4 is 66.4 Å².